The number of nitrogens with zero attached hydrogens (tertiary/aromatic N) is 1. The maximum atomic E-state index is 13.4. The number of hydrogen-bond donors (Lipinski definition) is 0. The molecule has 0 fully saturated rings. The van der Waals surface area contributed by atoms with E-state index in [9.17, 15) is 4.79 Å². The number of carbonyl (C=O) groups is 1. The van der Waals surface area contributed by atoms with Crippen LogP contribution in [0.1, 0.15) is 125 Å². The van der Waals surface area contributed by atoms with E-state index in [1.165, 1.54) is 43.2 Å². The summed E-state index contributed by atoms with van der Waals surface area (Å²) in [4.78, 5) is 18.0. The SMILES string of the molecule is CCCCCCCCC1(C)Cc2ccc(C(C)CCC(C)c3nc4ccccc4o3)cc2C1=O. The number of aromatic nitrogens is 1. The van der Waals surface area contributed by atoms with Gasteiger partial charge in [0.05, 0.1) is 0 Å². The van der Waals surface area contributed by atoms with Crippen molar-refractivity contribution >= 4 is 16.9 Å². The highest BCUT2D eigenvalue weighted by molar-refractivity contribution is 6.04. The largest absolute Gasteiger partial charge is 0.440 e. The second-order valence-electron chi connectivity index (χ2n) is 10.9. The quantitative estimate of drug-likeness (QED) is 0.254. The molecule has 182 valence electrons. The Bertz CT molecular complexity index is 1080. The van der Waals surface area contributed by atoms with Crippen molar-refractivity contribution in [2.24, 2.45) is 5.41 Å². The molecule has 0 bridgehead atoms. The van der Waals surface area contributed by atoms with Crippen molar-refractivity contribution in [3.63, 3.8) is 0 Å². The van der Waals surface area contributed by atoms with Gasteiger partial charge in [0.25, 0.3) is 0 Å². The maximum absolute atomic E-state index is 13.4. The molecule has 1 aliphatic rings. The molecule has 1 aromatic heterocycles. The van der Waals surface area contributed by atoms with Crippen molar-refractivity contribution in [1.82, 2.24) is 4.98 Å². The monoisotopic (exact) mass is 459 g/mol. The van der Waals surface area contributed by atoms with Gasteiger partial charge in [0, 0.05) is 16.9 Å². The molecule has 1 aliphatic carbocycles. The first-order chi connectivity index (χ1) is 16.4. The smallest absolute Gasteiger partial charge is 0.198 e. The molecule has 2 aromatic carbocycles. The number of rotatable bonds is 12. The first-order valence-corrected chi connectivity index (χ1v) is 13.4. The third-order valence-corrected chi connectivity index (χ3v) is 7.92. The van der Waals surface area contributed by atoms with E-state index in [1.54, 1.807) is 0 Å². The van der Waals surface area contributed by atoms with Gasteiger partial charge < -0.3 is 4.42 Å². The van der Waals surface area contributed by atoms with Crippen LogP contribution in [0, 0.1) is 5.41 Å². The first-order valence-electron chi connectivity index (χ1n) is 13.4. The van der Waals surface area contributed by atoms with E-state index < -0.39 is 0 Å². The average Bonchev–Trinajstić information content (AvgIpc) is 3.38. The molecule has 0 saturated carbocycles. The van der Waals surface area contributed by atoms with Crippen LogP contribution in [-0.2, 0) is 6.42 Å². The van der Waals surface area contributed by atoms with Gasteiger partial charge >= 0.3 is 0 Å². The van der Waals surface area contributed by atoms with Crippen LogP contribution in [0.15, 0.2) is 46.9 Å². The molecule has 3 atom stereocenters. The minimum atomic E-state index is -0.212. The zero-order valence-corrected chi connectivity index (χ0v) is 21.5. The van der Waals surface area contributed by atoms with E-state index in [0.29, 0.717) is 11.7 Å². The second-order valence-corrected chi connectivity index (χ2v) is 10.9. The molecule has 3 unspecified atom stereocenters. The fraction of sp³-hybridized carbons (Fsp3) is 0.548. The van der Waals surface area contributed by atoms with Crippen LogP contribution in [0.4, 0.5) is 0 Å². The van der Waals surface area contributed by atoms with E-state index in [1.807, 2.05) is 24.3 Å². The van der Waals surface area contributed by atoms with E-state index >= 15 is 0 Å². The Morgan fingerprint density at radius 3 is 2.50 bits per heavy atom. The maximum Gasteiger partial charge on any atom is 0.198 e. The van der Waals surface area contributed by atoms with Crippen molar-refractivity contribution in [2.75, 3.05) is 0 Å². The minimum Gasteiger partial charge on any atom is -0.440 e. The molecule has 0 amide bonds. The van der Waals surface area contributed by atoms with Gasteiger partial charge in [-0.2, -0.15) is 0 Å². The summed E-state index contributed by atoms with van der Waals surface area (Å²) in [5.41, 5.74) is 5.08. The summed E-state index contributed by atoms with van der Waals surface area (Å²) in [5.74, 6) is 1.86. The van der Waals surface area contributed by atoms with Gasteiger partial charge in [-0.25, -0.2) is 4.98 Å². The summed E-state index contributed by atoms with van der Waals surface area (Å²) in [6.45, 7) is 8.91. The molecule has 4 rings (SSSR count). The van der Waals surface area contributed by atoms with E-state index in [-0.39, 0.29) is 11.3 Å². The summed E-state index contributed by atoms with van der Waals surface area (Å²) in [5, 5.41) is 0. The molecule has 0 saturated heterocycles. The Labute approximate surface area is 205 Å². The number of para-hydroxylation sites is 2. The van der Waals surface area contributed by atoms with Crippen LogP contribution in [0.3, 0.4) is 0 Å². The Hall–Kier alpha value is -2.42. The fourth-order valence-electron chi connectivity index (χ4n) is 5.48. The van der Waals surface area contributed by atoms with Gasteiger partial charge in [-0.05, 0) is 60.9 Å². The highest BCUT2D eigenvalue weighted by atomic mass is 16.3. The number of benzene rings is 2. The van der Waals surface area contributed by atoms with Gasteiger partial charge in [0.15, 0.2) is 17.3 Å². The van der Waals surface area contributed by atoms with Crippen molar-refractivity contribution in [2.45, 2.75) is 104 Å². The van der Waals surface area contributed by atoms with Gasteiger partial charge in [-0.3, -0.25) is 4.79 Å². The minimum absolute atomic E-state index is 0.212. The van der Waals surface area contributed by atoms with Crippen LogP contribution in [0.25, 0.3) is 11.1 Å². The summed E-state index contributed by atoms with van der Waals surface area (Å²) in [6, 6.07) is 14.6. The molecular formula is C31H41NO2. The number of oxazole rings is 1. The highest BCUT2D eigenvalue weighted by Crippen LogP contribution is 2.42. The number of carbonyl (C=O) groups excluding carboxylic acids is 1. The Morgan fingerprint density at radius 1 is 0.971 bits per heavy atom. The van der Waals surface area contributed by atoms with Crippen molar-refractivity contribution in [3.8, 4) is 0 Å². The number of hydrogen-bond acceptors (Lipinski definition) is 3. The standard InChI is InChI=1S/C31H41NO2/c1-5-6-7-8-9-12-19-31(4)21-25-18-17-24(20-26(25)29(31)33)22(2)15-16-23(3)30-32-27-13-10-11-14-28(27)34-30/h10-11,13-14,17-18,20,22-23H,5-9,12,15-16,19,21H2,1-4H3. The molecular weight excluding hydrogens is 418 g/mol. The number of unbranched alkanes of at least 4 members (excludes halogenated alkanes) is 5. The Balaban J connectivity index is 1.33. The molecule has 3 nitrogen and oxygen atoms in total. The predicted octanol–water partition coefficient (Wildman–Crippen LogP) is 9.01. The van der Waals surface area contributed by atoms with Crippen LogP contribution in [-0.4, -0.2) is 10.8 Å². The van der Waals surface area contributed by atoms with Crippen LogP contribution in [0.2, 0.25) is 0 Å². The molecule has 0 aliphatic heterocycles. The van der Waals surface area contributed by atoms with Crippen molar-refractivity contribution < 1.29 is 9.21 Å². The third kappa shape index (κ3) is 5.45. The Morgan fingerprint density at radius 2 is 1.71 bits per heavy atom. The van der Waals surface area contributed by atoms with Gasteiger partial charge in [0.1, 0.15) is 5.52 Å². The molecule has 0 spiro atoms. The summed E-state index contributed by atoms with van der Waals surface area (Å²) < 4.78 is 5.97. The third-order valence-electron chi connectivity index (χ3n) is 7.92. The van der Waals surface area contributed by atoms with Crippen LogP contribution >= 0.6 is 0 Å². The van der Waals surface area contributed by atoms with E-state index in [0.717, 1.165) is 54.7 Å². The summed E-state index contributed by atoms with van der Waals surface area (Å²) in [7, 11) is 0. The lowest BCUT2D eigenvalue weighted by Crippen LogP contribution is -2.23. The second kappa shape index (κ2) is 10.9. The first kappa shape index (κ1) is 24.7. The normalized spacial score (nSPS) is 19.5. The van der Waals surface area contributed by atoms with E-state index in [4.69, 9.17) is 4.42 Å². The number of ketones is 1. The topological polar surface area (TPSA) is 43.1 Å². The van der Waals surface area contributed by atoms with Gasteiger partial charge in [-0.15, -0.1) is 0 Å². The predicted molar refractivity (Wildman–Crippen MR) is 141 cm³/mol. The highest BCUT2D eigenvalue weighted by Gasteiger charge is 2.41. The van der Waals surface area contributed by atoms with E-state index in [2.05, 4.69) is 50.9 Å². The zero-order chi connectivity index (χ0) is 24.1. The zero-order valence-electron chi connectivity index (χ0n) is 21.5. The lowest BCUT2D eigenvalue weighted by molar-refractivity contribution is 0.0826. The average molecular weight is 460 g/mol. The van der Waals surface area contributed by atoms with Gasteiger partial charge in [0.2, 0.25) is 0 Å². The number of Topliss-reactive ketones (excluding diaryl/α,β-unsaturated/α-hetero) is 1. The Kier molecular flexibility index (Phi) is 7.91. The van der Waals surface area contributed by atoms with Crippen LogP contribution < -0.4 is 0 Å². The van der Waals surface area contributed by atoms with Crippen molar-refractivity contribution in [1.29, 1.82) is 0 Å². The fourth-order valence-corrected chi connectivity index (χ4v) is 5.48. The lowest BCUT2D eigenvalue weighted by Gasteiger charge is -2.21. The molecule has 0 N–H and O–H groups in total. The van der Waals surface area contributed by atoms with Crippen LogP contribution in [0.5, 0.6) is 0 Å². The molecule has 0 radical (unpaired) electrons. The lowest BCUT2D eigenvalue weighted by atomic mass is 9.81. The molecule has 1 heterocycles. The summed E-state index contributed by atoms with van der Waals surface area (Å²) >= 11 is 0. The van der Waals surface area contributed by atoms with Gasteiger partial charge in [-0.1, -0.05) is 90.5 Å². The summed E-state index contributed by atoms with van der Waals surface area (Å²) in [6.07, 6.45) is 11.6. The molecule has 3 aromatic rings. The molecule has 34 heavy (non-hydrogen) atoms. The number of fused-ring (bicyclic) bond motifs is 2. The van der Waals surface area contributed by atoms with Crippen molar-refractivity contribution in [3.05, 3.63) is 65.0 Å². The molecule has 3 heteroatoms.